The van der Waals surface area contributed by atoms with Gasteiger partial charge in [-0.2, -0.15) is 0 Å². The summed E-state index contributed by atoms with van der Waals surface area (Å²) in [6.45, 7) is 0. The maximum atomic E-state index is 8.56. The molecule has 3 nitrogen and oxygen atoms in total. The van der Waals surface area contributed by atoms with Crippen LogP contribution in [0.5, 0.6) is 0 Å². The van der Waals surface area contributed by atoms with Crippen LogP contribution in [-0.2, 0) is 4.30 Å². The first-order chi connectivity index (χ1) is 1.73. The molecular formula is HoO3. The number of rotatable bonds is 0. The van der Waals surface area contributed by atoms with Gasteiger partial charge in [0.15, 0.2) is 0 Å². The van der Waals surface area contributed by atoms with Gasteiger partial charge < -0.3 is 0 Å². The molecule has 0 N–H and O–H groups in total. The fourth-order valence-electron chi connectivity index (χ4n) is 0. The first kappa shape index (κ1) is 4.66. The Kier molecular flexibility index (Phi) is 2.25. The molecule has 0 fully saturated rings. The Bertz CT molecular complexity index is 72.7. The first-order valence-corrected chi connectivity index (χ1v) is 2.74. The van der Waals surface area contributed by atoms with Gasteiger partial charge in [-0.3, -0.25) is 0 Å². The maximum absolute atomic E-state index is 8.56. The van der Waals surface area contributed by atoms with Gasteiger partial charge in [-0.05, 0) is 0 Å². The Hall–Kier alpha value is 0.660. The zero-order valence-electron chi connectivity index (χ0n) is 1.53. The third-order valence-electron chi connectivity index (χ3n) is 0. The van der Waals surface area contributed by atoms with E-state index in [2.05, 4.69) is 0 Å². The van der Waals surface area contributed by atoms with Crippen molar-refractivity contribution in [3.63, 3.8) is 0 Å². The standard InChI is InChI=1S/Ho.3O. The monoisotopic (exact) mass is 213 g/mol. The van der Waals surface area contributed by atoms with Crippen LogP contribution in [0.25, 0.3) is 0 Å². The summed E-state index contributed by atoms with van der Waals surface area (Å²) < 4.78 is 25.7. The molecule has 0 saturated carbocycles. The zero-order chi connectivity index (χ0) is 3.58. The predicted octanol–water partition coefficient (Wildman–Crippen LogP) is -0.356. The van der Waals surface area contributed by atoms with E-state index in [0.717, 1.165) is 0 Å². The second-order valence-electron chi connectivity index (χ2n) is 0.151. The summed E-state index contributed by atoms with van der Waals surface area (Å²) in [7, 11) is 0. The van der Waals surface area contributed by atoms with Crippen LogP contribution in [0.1, 0.15) is 0 Å². The summed E-state index contributed by atoms with van der Waals surface area (Å²) in [4.78, 5) is 0. The van der Waals surface area contributed by atoms with Gasteiger partial charge in [0.1, 0.15) is 0 Å². The number of hydrogen-bond donors (Lipinski definition) is 0. The van der Waals surface area contributed by atoms with Gasteiger partial charge in [-0.25, -0.2) is 0 Å². The van der Waals surface area contributed by atoms with E-state index in [-0.39, 0.29) is 0 Å². The molecule has 0 aliphatic carbocycles. The molecule has 4 heavy (non-hydrogen) atoms. The van der Waals surface area contributed by atoms with Crippen LogP contribution in [0.15, 0.2) is 0 Å². The average molecular weight is 213 g/mol. The van der Waals surface area contributed by atoms with Crippen LogP contribution in [0.3, 0.4) is 0 Å². The molecular weight excluding hydrogens is 213 g/mol. The van der Waals surface area contributed by atoms with Gasteiger partial charge in [0.25, 0.3) is 0 Å². The van der Waals surface area contributed by atoms with Gasteiger partial charge >= 0.3 is 36.5 Å². The minimum absolute atomic E-state index is 3.95. The molecule has 0 rings (SSSR count). The summed E-state index contributed by atoms with van der Waals surface area (Å²) in [6.07, 6.45) is 0. The van der Waals surface area contributed by atoms with Crippen molar-refractivity contribution in [2.45, 2.75) is 0 Å². The van der Waals surface area contributed by atoms with E-state index in [9.17, 15) is 0 Å². The Morgan fingerprint density at radius 3 is 1.00 bits per heavy atom. The SMILES string of the molecule is [O]=[Ho](=[O])=[O]. The molecule has 0 saturated heterocycles. The minimum atomic E-state index is -3.95. The van der Waals surface area contributed by atoms with Gasteiger partial charge in [0, 0.05) is 0 Å². The number of hydrogen-bond acceptors (Lipinski definition) is 3. The fraction of sp³-hybridized carbons (Fsp3) is 0. The summed E-state index contributed by atoms with van der Waals surface area (Å²) in [6, 6.07) is 0. The third-order valence-corrected chi connectivity index (χ3v) is 0. The van der Waals surface area contributed by atoms with E-state index in [0.29, 0.717) is 0 Å². The topological polar surface area (TPSA) is 51.2 Å². The van der Waals surface area contributed by atoms with Gasteiger partial charge in [0.2, 0.25) is 0 Å². The second kappa shape index (κ2) is 1.93. The normalized spacial score (nSPS) is 10.5. The third kappa shape index (κ3) is 16.8. The molecule has 0 bridgehead atoms. The average Bonchev–Trinajstić information content (AvgIpc) is 0.811. The van der Waals surface area contributed by atoms with E-state index >= 15 is 0 Å². The van der Waals surface area contributed by atoms with E-state index in [1.165, 1.54) is 0 Å². The molecule has 0 atom stereocenters. The molecule has 0 spiro atoms. The van der Waals surface area contributed by atoms with Crippen molar-refractivity contribution in [3.8, 4) is 0 Å². The Balaban J connectivity index is 4.65. The van der Waals surface area contributed by atoms with Gasteiger partial charge in [0.05, 0.1) is 0 Å². The van der Waals surface area contributed by atoms with Crippen LogP contribution in [0.2, 0.25) is 0 Å². The van der Waals surface area contributed by atoms with Crippen molar-refractivity contribution in [1.82, 2.24) is 0 Å². The molecule has 0 unspecified atom stereocenters. The Labute approximate surface area is 36.2 Å². The van der Waals surface area contributed by atoms with Crippen molar-refractivity contribution < 1.29 is 36.5 Å². The molecule has 0 aliphatic rings. The summed E-state index contributed by atoms with van der Waals surface area (Å²) in [5.41, 5.74) is 0. The van der Waals surface area contributed by atoms with Crippen molar-refractivity contribution in [2.24, 2.45) is 0 Å². The van der Waals surface area contributed by atoms with Crippen LogP contribution in [0.4, 0.5) is 0 Å². The molecule has 0 aromatic heterocycles. The molecule has 29 valence electrons. The van der Waals surface area contributed by atoms with Crippen molar-refractivity contribution in [2.75, 3.05) is 0 Å². The summed E-state index contributed by atoms with van der Waals surface area (Å²) >= 11 is -3.95. The molecule has 0 aromatic rings. The Morgan fingerprint density at radius 2 is 1.00 bits per heavy atom. The molecule has 0 amide bonds. The van der Waals surface area contributed by atoms with E-state index in [4.69, 9.17) is 4.30 Å². The molecule has 0 aromatic carbocycles. The van der Waals surface area contributed by atoms with Crippen molar-refractivity contribution in [3.05, 3.63) is 0 Å². The van der Waals surface area contributed by atoms with Crippen LogP contribution in [-0.4, -0.2) is 0 Å². The fourth-order valence-corrected chi connectivity index (χ4v) is 0. The van der Waals surface area contributed by atoms with Gasteiger partial charge in [-0.15, -0.1) is 0 Å². The van der Waals surface area contributed by atoms with Crippen LogP contribution in [0, 0.1) is 32.2 Å². The van der Waals surface area contributed by atoms with E-state index in [1.54, 1.807) is 0 Å². The van der Waals surface area contributed by atoms with E-state index in [1.807, 2.05) is 0 Å². The molecule has 0 radical (unpaired) electrons. The molecule has 4 heteroatoms. The van der Waals surface area contributed by atoms with Crippen LogP contribution >= 0.6 is 0 Å². The van der Waals surface area contributed by atoms with Gasteiger partial charge in [-0.1, -0.05) is 0 Å². The first-order valence-electron chi connectivity index (χ1n) is 0.369. The van der Waals surface area contributed by atoms with Crippen molar-refractivity contribution in [1.29, 1.82) is 0 Å². The molecule has 0 heterocycles. The van der Waals surface area contributed by atoms with Crippen LogP contribution < -0.4 is 0 Å². The predicted molar refractivity (Wildman–Crippen MR) is 2.06 cm³/mol. The summed E-state index contributed by atoms with van der Waals surface area (Å²) in [5, 5.41) is 0. The van der Waals surface area contributed by atoms with Crippen molar-refractivity contribution >= 4 is 0 Å². The molecule has 0 aliphatic heterocycles. The summed E-state index contributed by atoms with van der Waals surface area (Å²) in [5.74, 6) is 0. The Morgan fingerprint density at radius 1 is 1.00 bits per heavy atom. The second-order valence-corrected chi connectivity index (χ2v) is 1.12. The quantitative estimate of drug-likeness (QED) is 0.516. The van der Waals surface area contributed by atoms with E-state index < -0.39 is 32.2 Å². The zero-order valence-corrected chi connectivity index (χ0v) is 3.46.